The number of rotatable bonds is 3. The van der Waals surface area contributed by atoms with Crippen molar-refractivity contribution in [2.45, 2.75) is 77.8 Å². The van der Waals surface area contributed by atoms with E-state index in [9.17, 15) is 0 Å². The molecule has 7 heteroatoms. The number of hydrogen-bond acceptors (Lipinski definition) is 4. The van der Waals surface area contributed by atoms with Crippen LogP contribution < -0.4 is 5.46 Å². The van der Waals surface area contributed by atoms with Crippen LogP contribution in [0, 0.1) is 0 Å². The lowest BCUT2D eigenvalue weighted by Crippen LogP contribution is -2.41. The second-order valence-corrected chi connectivity index (χ2v) is 15.9. The van der Waals surface area contributed by atoms with E-state index in [-0.39, 0.29) is 29.5 Å². The highest BCUT2D eigenvalue weighted by Gasteiger charge is 2.52. The summed E-state index contributed by atoms with van der Waals surface area (Å²) in [5.41, 5.74) is 4.96. The molecule has 51 heavy (non-hydrogen) atoms. The van der Waals surface area contributed by atoms with Crippen LogP contribution >= 0.6 is 15.9 Å². The first-order valence-corrected chi connectivity index (χ1v) is 18.4. The zero-order chi connectivity index (χ0) is 36.4. The molecule has 0 aliphatic carbocycles. The minimum absolute atomic E-state index is 0.132. The molecule has 0 amide bonds. The Morgan fingerprint density at radius 3 is 1.35 bits per heavy atom. The van der Waals surface area contributed by atoms with E-state index >= 15 is 0 Å². The Morgan fingerprint density at radius 1 is 0.451 bits per heavy atom. The molecule has 2 aliphatic heterocycles. The van der Waals surface area contributed by atoms with Gasteiger partial charge in [0.15, 0.2) is 0 Å². The van der Waals surface area contributed by atoms with Crippen LogP contribution in [0.5, 0.6) is 0 Å². The molecule has 6 aromatic carbocycles. The molecule has 2 fully saturated rings. The van der Waals surface area contributed by atoms with Gasteiger partial charge in [-0.3, -0.25) is 0 Å². The van der Waals surface area contributed by atoms with Crippen molar-refractivity contribution in [2.75, 3.05) is 0 Å². The molecule has 0 radical (unpaired) electrons. The minimum atomic E-state index is -0.383. The fourth-order valence-corrected chi connectivity index (χ4v) is 6.85. The van der Waals surface area contributed by atoms with Gasteiger partial charge in [-0.15, -0.1) is 0 Å². The third-order valence-electron chi connectivity index (χ3n) is 10.8. The van der Waals surface area contributed by atoms with Crippen LogP contribution in [-0.4, -0.2) is 37.2 Å². The van der Waals surface area contributed by atoms with Gasteiger partial charge in [-0.1, -0.05) is 133 Å². The molecule has 4 nitrogen and oxygen atoms in total. The molecule has 2 saturated heterocycles. The molecule has 0 N–H and O–H groups in total. The van der Waals surface area contributed by atoms with Gasteiger partial charge in [-0.2, -0.15) is 0 Å². The van der Waals surface area contributed by atoms with Crippen LogP contribution in [0.4, 0.5) is 0 Å². The second-order valence-electron chi connectivity index (χ2n) is 15.1. The van der Waals surface area contributed by atoms with E-state index in [4.69, 9.17) is 18.6 Å². The molecule has 0 unspecified atom stereocenters. The SMILES string of the molecule is Brc1c(-c2ccccc2)ccc2ccccc12.CC1(C)OB(c2c(-c3ccccc3)ccc3ccccc23)OC1(C)C.CC1(C)OBOC1(C)C. The smallest absolute Gasteiger partial charge is 0.406 e. The van der Waals surface area contributed by atoms with Gasteiger partial charge in [-0.05, 0) is 121 Å². The predicted octanol–water partition coefficient (Wildman–Crippen LogP) is 10.9. The van der Waals surface area contributed by atoms with E-state index in [1.165, 1.54) is 42.7 Å². The lowest BCUT2D eigenvalue weighted by atomic mass is 9.71. The first-order chi connectivity index (χ1) is 24.2. The Bertz CT molecular complexity index is 2080. The maximum atomic E-state index is 6.40. The number of fused-ring (bicyclic) bond motifs is 2. The average Bonchev–Trinajstić information content (AvgIpc) is 3.50. The molecule has 0 saturated carbocycles. The highest BCUT2D eigenvalue weighted by atomic mass is 79.9. The fraction of sp³-hybridized carbons (Fsp3) is 0.273. The van der Waals surface area contributed by atoms with Gasteiger partial charge in [0.25, 0.3) is 0 Å². The van der Waals surface area contributed by atoms with Crippen LogP contribution in [0.2, 0.25) is 0 Å². The zero-order valence-electron chi connectivity index (χ0n) is 31.0. The Hall–Kier alpha value is -3.71. The van der Waals surface area contributed by atoms with Crippen LogP contribution in [0.1, 0.15) is 55.4 Å². The third kappa shape index (κ3) is 7.74. The molecule has 0 atom stereocenters. The number of halogens is 1. The highest BCUT2D eigenvalue weighted by Crippen LogP contribution is 2.39. The fourth-order valence-electron chi connectivity index (χ4n) is 6.13. The lowest BCUT2D eigenvalue weighted by Gasteiger charge is -2.32. The monoisotopic (exact) mass is 740 g/mol. The van der Waals surface area contributed by atoms with Crippen molar-refractivity contribution in [3.05, 3.63) is 138 Å². The van der Waals surface area contributed by atoms with Gasteiger partial charge in [0.2, 0.25) is 0 Å². The van der Waals surface area contributed by atoms with Crippen molar-refractivity contribution in [3.63, 3.8) is 0 Å². The normalized spacial score (nSPS) is 17.9. The van der Waals surface area contributed by atoms with Gasteiger partial charge in [0.05, 0.1) is 22.4 Å². The predicted molar refractivity (Wildman–Crippen MR) is 220 cm³/mol. The van der Waals surface area contributed by atoms with Crippen LogP contribution in [0.15, 0.2) is 138 Å². The lowest BCUT2D eigenvalue weighted by molar-refractivity contribution is 0.00578. The Labute approximate surface area is 313 Å². The van der Waals surface area contributed by atoms with E-state index in [1.807, 2.05) is 39.8 Å². The molecule has 6 aromatic rings. The minimum Gasteiger partial charge on any atom is -0.406 e. The summed E-state index contributed by atoms with van der Waals surface area (Å²) in [4.78, 5) is 0. The standard InChI is InChI=1S/C22H23BO2.C16H11Br.C6H13BO2/c1-21(2)22(3,4)25-23(24-21)20-18-13-9-8-12-17(18)14-15-19(20)16-10-6-5-7-11-16;17-16-14-9-5-4-8-13(14)10-11-15(16)12-6-2-1-3-7-12;1-5(2)6(3,4)9-7-8-5/h5-15H,1-4H3;1-11H;7H,1-4H3. The molecule has 0 aromatic heterocycles. The Kier molecular flexibility index (Phi) is 10.7. The topological polar surface area (TPSA) is 36.9 Å². The summed E-state index contributed by atoms with van der Waals surface area (Å²) < 4.78 is 24.6. The zero-order valence-corrected chi connectivity index (χ0v) is 32.6. The van der Waals surface area contributed by atoms with Crippen molar-refractivity contribution in [2.24, 2.45) is 0 Å². The van der Waals surface area contributed by atoms with Crippen molar-refractivity contribution < 1.29 is 18.6 Å². The summed E-state index contributed by atoms with van der Waals surface area (Å²) in [5.74, 6) is 0. The van der Waals surface area contributed by atoms with E-state index in [1.54, 1.807) is 0 Å². The largest absolute Gasteiger partial charge is 0.496 e. The van der Waals surface area contributed by atoms with Crippen LogP contribution in [0.3, 0.4) is 0 Å². The van der Waals surface area contributed by atoms with Crippen molar-refractivity contribution in [3.8, 4) is 22.3 Å². The molecule has 260 valence electrons. The van der Waals surface area contributed by atoms with Gasteiger partial charge in [0, 0.05) is 4.47 Å². The van der Waals surface area contributed by atoms with Crippen LogP contribution in [0.25, 0.3) is 43.8 Å². The third-order valence-corrected chi connectivity index (χ3v) is 11.6. The first kappa shape index (κ1) is 37.1. The van der Waals surface area contributed by atoms with Gasteiger partial charge >= 0.3 is 14.8 Å². The van der Waals surface area contributed by atoms with E-state index in [0.717, 1.165) is 11.0 Å². The number of benzene rings is 6. The molecular formula is C44H47B2BrO4. The van der Waals surface area contributed by atoms with E-state index in [2.05, 4.69) is 165 Å². The summed E-state index contributed by atoms with van der Waals surface area (Å²) in [6.45, 7) is 16.6. The van der Waals surface area contributed by atoms with E-state index < -0.39 is 0 Å². The summed E-state index contributed by atoms with van der Waals surface area (Å²) >= 11 is 3.72. The van der Waals surface area contributed by atoms with Gasteiger partial charge in [0.1, 0.15) is 0 Å². The molecule has 2 heterocycles. The summed E-state index contributed by atoms with van der Waals surface area (Å²) in [6, 6.07) is 46.4. The summed E-state index contributed by atoms with van der Waals surface area (Å²) in [6.07, 6.45) is 0. The average molecular weight is 741 g/mol. The Balaban J connectivity index is 0.000000148. The van der Waals surface area contributed by atoms with Crippen molar-refractivity contribution >= 4 is 57.7 Å². The van der Waals surface area contributed by atoms with Crippen molar-refractivity contribution in [1.82, 2.24) is 0 Å². The quantitative estimate of drug-likeness (QED) is 0.169. The second kappa shape index (κ2) is 14.7. The van der Waals surface area contributed by atoms with Gasteiger partial charge in [-0.25, -0.2) is 0 Å². The summed E-state index contributed by atoms with van der Waals surface area (Å²) in [7, 11) is 0.0475. The maximum Gasteiger partial charge on any atom is 0.496 e. The number of hydrogen-bond donors (Lipinski definition) is 0. The summed E-state index contributed by atoms with van der Waals surface area (Å²) in [5, 5.41) is 4.90. The maximum absolute atomic E-state index is 6.40. The first-order valence-electron chi connectivity index (χ1n) is 17.6. The van der Waals surface area contributed by atoms with Crippen LogP contribution in [-0.2, 0) is 18.6 Å². The molecule has 0 bridgehead atoms. The molecule has 8 rings (SSSR count). The van der Waals surface area contributed by atoms with Crippen molar-refractivity contribution in [1.29, 1.82) is 0 Å². The molecular weight excluding hydrogens is 694 g/mol. The van der Waals surface area contributed by atoms with E-state index in [0.29, 0.717) is 7.69 Å². The molecule has 0 spiro atoms. The van der Waals surface area contributed by atoms with Gasteiger partial charge < -0.3 is 18.6 Å². The highest BCUT2D eigenvalue weighted by molar-refractivity contribution is 9.10. The molecule has 2 aliphatic rings. The Morgan fingerprint density at radius 2 is 0.863 bits per heavy atom.